The summed E-state index contributed by atoms with van der Waals surface area (Å²) in [5.41, 5.74) is 5.20. The Hall–Kier alpha value is -2.54. The molecule has 0 radical (unpaired) electrons. The highest BCUT2D eigenvalue weighted by Crippen LogP contribution is 2.35. The average Bonchev–Trinajstić information content (AvgIpc) is 2.67. The van der Waals surface area contributed by atoms with Crippen LogP contribution in [0.15, 0.2) is 78.9 Å². The highest BCUT2D eigenvalue weighted by Gasteiger charge is 2.16. The minimum Gasteiger partial charge on any atom is -0.496 e. The molecule has 0 aliphatic carbocycles. The molecule has 122 valence electrons. The van der Waals surface area contributed by atoms with Crippen LogP contribution in [0.3, 0.4) is 0 Å². The summed E-state index contributed by atoms with van der Waals surface area (Å²) < 4.78 is 5.63. The van der Waals surface area contributed by atoms with Crippen molar-refractivity contribution in [2.45, 2.75) is 25.7 Å². The molecule has 3 aromatic rings. The van der Waals surface area contributed by atoms with Crippen LogP contribution in [0, 0.1) is 0 Å². The molecule has 0 heterocycles. The molecule has 1 heteroatoms. The Kier molecular flexibility index (Phi) is 5.00. The molecule has 3 rings (SSSR count). The highest BCUT2D eigenvalue weighted by atomic mass is 16.5. The lowest BCUT2D eigenvalue weighted by Gasteiger charge is -2.20. The lowest BCUT2D eigenvalue weighted by Crippen LogP contribution is -2.03. The summed E-state index contributed by atoms with van der Waals surface area (Å²) >= 11 is 0. The van der Waals surface area contributed by atoms with E-state index in [4.69, 9.17) is 4.74 Å². The molecule has 0 bridgehead atoms. The van der Waals surface area contributed by atoms with Gasteiger partial charge in [0.15, 0.2) is 0 Å². The second kappa shape index (κ2) is 7.35. The Bertz CT molecular complexity index is 778. The van der Waals surface area contributed by atoms with Gasteiger partial charge < -0.3 is 4.74 Å². The van der Waals surface area contributed by atoms with Crippen molar-refractivity contribution in [3.8, 4) is 5.75 Å². The molecule has 0 aliphatic rings. The molecule has 0 unspecified atom stereocenters. The summed E-state index contributed by atoms with van der Waals surface area (Å²) in [6, 6.07) is 27.8. The SMILES string of the molecule is COc1ccc([C@H](C)c2ccccc2)cc1[C@H](C)c1ccccc1. The Labute approximate surface area is 144 Å². The van der Waals surface area contributed by atoms with Crippen molar-refractivity contribution in [2.24, 2.45) is 0 Å². The number of ether oxygens (including phenoxy) is 1. The van der Waals surface area contributed by atoms with Gasteiger partial charge in [-0.2, -0.15) is 0 Å². The molecule has 0 N–H and O–H groups in total. The summed E-state index contributed by atoms with van der Waals surface area (Å²) in [5.74, 6) is 1.61. The number of rotatable bonds is 5. The summed E-state index contributed by atoms with van der Waals surface area (Å²) in [7, 11) is 1.75. The third-order valence-corrected chi connectivity index (χ3v) is 4.82. The maximum atomic E-state index is 5.63. The van der Waals surface area contributed by atoms with Crippen LogP contribution in [0.25, 0.3) is 0 Å². The van der Waals surface area contributed by atoms with E-state index in [1.807, 2.05) is 0 Å². The monoisotopic (exact) mass is 316 g/mol. The summed E-state index contributed by atoms with van der Waals surface area (Å²) in [4.78, 5) is 0. The molecule has 0 aliphatic heterocycles. The quantitative estimate of drug-likeness (QED) is 0.561. The standard InChI is InChI=1S/C23H24O/c1-17(19-10-6-4-7-11-19)21-14-15-23(24-3)22(16-21)18(2)20-12-8-5-9-13-20/h4-18H,1-3H3/t17-,18-/m1/s1. The van der Waals surface area contributed by atoms with Gasteiger partial charge in [-0.05, 0) is 22.8 Å². The largest absolute Gasteiger partial charge is 0.496 e. The lowest BCUT2D eigenvalue weighted by atomic mass is 9.87. The normalized spacial score (nSPS) is 13.3. The molecule has 0 saturated heterocycles. The van der Waals surface area contributed by atoms with E-state index in [0.717, 1.165) is 5.75 Å². The van der Waals surface area contributed by atoms with Gasteiger partial charge in [0.1, 0.15) is 5.75 Å². The molecular formula is C23H24O. The van der Waals surface area contributed by atoms with Gasteiger partial charge in [0, 0.05) is 17.4 Å². The molecule has 3 aromatic carbocycles. The number of methoxy groups -OCH3 is 1. The zero-order valence-corrected chi connectivity index (χ0v) is 14.6. The van der Waals surface area contributed by atoms with E-state index in [9.17, 15) is 0 Å². The zero-order chi connectivity index (χ0) is 16.9. The highest BCUT2D eigenvalue weighted by molar-refractivity contribution is 5.46. The molecule has 0 amide bonds. The molecular weight excluding hydrogens is 292 g/mol. The molecule has 2 atom stereocenters. The fourth-order valence-corrected chi connectivity index (χ4v) is 3.22. The van der Waals surface area contributed by atoms with Crippen LogP contribution < -0.4 is 4.74 Å². The van der Waals surface area contributed by atoms with E-state index >= 15 is 0 Å². The predicted octanol–water partition coefficient (Wildman–Crippen LogP) is 6.00. The zero-order valence-electron chi connectivity index (χ0n) is 14.6. The average molecular weight is 316 g/mol. The van der Waals surface area contributed by atoms with Crippen LogP contribution in [-0.4, -0.2) is 7.11 Å². The van der Waals surface area contributed by atoms with Gasteiger partial charge in [0.2, 0.25) is 0 Å². The summed E-state index contributed by atoms with van der Waals surface area (Å²) in [5, 5.41) is 0. The molecule has 0 spiro atoms. The van der Waals surface area contributed by atoms with E-state index in [1.165, 1.54) is 22.3 Å². The smallest absolute Gasteiger partial charge is 0.122 e. The summed E-state index contributed by atoms with van der Waals surface area (Å²) in [6.07, 6.45) is 0. The first-order valence-corrected chi connectivity index (χ1v) is 8.48. The maximum Gasteiger partial charge on any atom is 0.122 e. The minimum atomic E-state index is 0.295. The van der Waals surface area contributed by atoms with Crippen LogP contribution in [0.2, 0.25) is 0 Å². The van der Waals surface area contributed by atoms with Crippen LogP contribution in [0.1, 0.15) is 47.9 Å². The fraction of sp³-hybridized carbons (Fsp3) is 0.217. The lowest BCUT2D eigenvalue weighted by molar-refractivity contribution is 0.408. The van der Waals surface area contributed by atoms with Crippen molar-refractivity contribution in [1.82, 2.24) is 0 Å². The van der Waals surface area contributed by atoms with E-state index < -0.39 is 0 Å². The Morgan fingerprint density at radius 2 is 1.17 bits per heavy atom. The molecule has 0 saturated carbocycles. The van der Waals surface area contributed by atoms with Crippen molar-refractivity contribution in [1.29, 1.82) is 0 Å². The second-order valence-electron chi connectivity index (χ2n) is 6.27. The molecule has 1 nitrogen and oxygen atoms in total. The summed E-state index contributed by atoms with van der Waals surface area (Å²) in [6.45, 7) is 4.50. The van der Waals surface area contributed by atoms with Gasteiger partial charge >= 0.3 is 0 Å². The van der Waals surface area contributed by atoms with Crippen molar-refractivity contribution in [3.05, 3.63) is 101 Å². The minimum absolute atomic E-state index is 0.295. The third-order valence-electron chi connectivity index (χ3n) is 4.82. The van der Waals surface area contributed by atoms with E-state index in [2.05, 4.69) is 92.7 Å². The molecule has 0 aromatic heterocycles. The van der Waals surface area contributed by atoms with Crippen molar-refractivity contribution in [2.75, 3.05) is 7.11 Å². The van der Waals surface area contributed by atoms with Crippen LogP contribution in [0.4, 0.5) is 0 Å². The number of hydrogen-bond acceptors (Lipinski definition) is 1. The van der Waals surface area contributed by atoms with Crippen LogP contribution >= 0.6 is 0 Å². The van der Waals surface area contributed by atoms with Crippen molar-refractivity contribution >= 4 is 0 Å². The Morgan fingerprint density at radius 3 is 1.71 bits per heavy atom. The molecule has 0 fully saturated rings. The topological polar surface area (TPSA) is 9.23 Å². The maximum absolute atomic E-state index is 5.63. The van der Waals surface area contributed by atoms with Gasteiger partial charge in [-0.15, -0.1) is 0 Å². The first kappa shape index (κ1) is 16.3. The Balaban J connectivity index is 2.00. The van der Waals surface area contributed by atoms with Crippen molar-refractivity contribution < 1.29 is 4.74 Å². The van der Waals surface area contributed by atoms with Gasteiger partial charge in [-0.1, -0.05) is 86.6 Å². The van der Waals surface area contributed by atoms with E-state index in [-0.39, 0.29) is 0 Å². The van der Waals surface area contributed by atoms with E-state index in [0.29, 0.717) is 11.8 Å². The van der Waals surface area contributed by atoms with Gasteiger partial charge in [-0.3, -0.25) is 0 Å². The van der Waals surface area contributed by atoms with Gasteiger partial charge in [0.25, 0.3) is 0 Å². The Morgan fingerprint density at radius 1 is 0.625 bits per heavy atom. The van der Waals surface area contributed by atoms with Gasteiger partial charge in [-0.25, -0.2) is 0 Å². The number of hydrogen-bond donors (Lipinski definition) is 0. The van der Waals surface area contributed by atoms with Crippen molar-refractivity contribution in [3.63, 3.8) is 0 Å². The van der Waals surface area contributed by atoms with Crippen LogP contribution in [0.5, 0.6) is 5.75 Å². The van der Waals surface area contributed by atoms with E-state index in [1.54, 1.807) is 7.11 Å². The predicted molar refractivity (Wildman–Crippen MR) is 101 cm³/mol. The first-order valence-electron chi connectivity index (χ1n) is 8.48. The number of benzene rings is 3. The fourth-order valence-electron chi connectivity index (χ4n) is 3.22. The van der Waals surface area contributed by atoms with Crippen LogP contribution in [-0.2, 0) is 0 Å². The second-order valence-corrected chi connectivity index (χ2v) is 6.27. The third kappa shape index (κ3) is 3.35. The first-order chi connectivity index (χ1) is 11.7. The van der Waals surface area contributed by atoms with Gasteiger partial charge in [0.05, 0.1) is 7.11 Å². The molecule has 24 heavy (non-hydrogen) atoms.